The number of aliphatic hydroxyl groups is 1. The second-order valence-corrected chi connectivity index (χ2v) is 3.83. The second kappa shape index (κ2) is 4.84. The van der Waals surface area contributed by atoms with E-state index < -0.39 is 12.1 Å². The Morgan fingerprint density at radius 2 is 1.94 bits per heavy atom. The molecule has 1 aromatic heterocycles. The van der Waals surface area contributed by atoms with Crippen LogP contribution in [0.15, 0.2) is 48.8 Å². The van der Waals surface area contributed by atoms with E-state index in [-0.39, 0.29) is 5.56 Å². The Morgan fingerprint density at radius 3 is 2.53 bits per heavy atom. The zero-order chi connectivity index (χ0) is 12.3. The van der Waals surface area contributed by atoms with Crippen molar-refractivity contribution in [3.63, 3.8) is 0 Å². The molecule has 2 aromatic rings. The third-order valence-electron chi connectivity index (χ3n) is 2.57. The van der Waals surface area contributed by atoms with Crippen molar-refractivity contribution < 1.29 is 15.0 Å². The quantitative estimate of drug-likeness (QED) is 0.845. The number of rotatable bonds is 4. The largest absolute Gasteiger partial charge is 0.478 e. The van der Waals surface area contributed by atoms with Crippen molar-refractivity contribution in [3.8, 4) is 0 Å². The molecule has 0 amide bonds. The van der Waals surface area contributed by atoms with Crippen molar-refractivity contribution in [2.24, 2.45) is 0 Å². The van der Waals surface area contributed by atoms with Crippen molar-refractivity contribution in [1.82, 2.24) is 4.57 Å². The summed E-state index contributed by atoms with van der Waals surface area (Å²) in [6.07, 6.45) is 2.52. The van der Waals surface area contributed by atoms with Gasteiger partial charge >= 0.3 is 5.97 Å². The number of carboxylic acid groups (broad SMARTS) is 1. The molecule has 4 nitrogen and oxygen atoms in total. The first-order valence-corrected chi connectivity index (χ1v) is 5.29. The zero-order valence-corrected chi connectivity index (χ0v) is 9.15. The van der Waals surface area contributed by atoms with Crippen LogP contribution in [0.4, 0.5) is 0 Å². The molecule has 0 aliphatic heterocycles. The predicted molar refractivity (Wildman–Crippen MR) is 62.8 cm³/mol. The van der Waals surface area contributed by atoms with Gasteiger partial charge in [-0.25, -0.2) is 4.79 Å². The number of nitrogens with zero attached hydrogens (tertiary/aromatic N) is 1. The van der Waals surface area contributed by atoms with Crippen molar-refractivity contribution in [3.05, 3.63) is 59.9 Å². The minimum absolute atomic E-state index is 0.227. The molecule has 2 N–H and O–H groups in total. The van der Waals surface area contributed by atoms with E-state index in [2.05, 4.69) is 0 Å². The molecule has 1 aromatic carbocycles. The first-order valence-electron chi connectivity index (χ1n) is 5.29. The molecule has 2 rings (SSSR count). The van der Waals surface area contributed by atoms with E-state index >= 15 is 0 Å². The van der Waals surface area contributed by atoms with Crippen LogP contribution in [0, 0.1) is 0 Å². The first-order chi connectivity index (χ1) is 8.16. The van der Waals surface area contributed by atoms with E-state index in [1.807, 2.05) is 30.3 Å². The molecule has 1 unspecified atom stereocenters. The highest BCUT2D eigenvalue weighted by Gasteiger charge is 2.09. The molecule has 88 valence electrons. The summed E-state index contributed by atoms with van der Waals surface area (Å²) in [4.78, 5) is 10.7. The summed E-state index contributed by atoms with van der Waals surface area (Å²) >= 11 is 0. The highest BCUT2D eigenvalue weighted by molar-refractivity contribution is 5.87. The average molecular weight is 231 g/mol. The Kier molecular flexibility index (Phi) is 3.25. The third-order valence-corrected chi connectivity index (χ3v) is 2.57. The molecule has 4 heteroatoms. The number of hydrogen-bond donors (Lipinski definition) is 2. The van der Waals surface area contributed by atoms with Crippen molar-refractivity contribution in [2.75, 3.05) is 0 Å². The van der Waals surface area contributed by atoms with Gasteiger partial charge in [0.1, 0.15) is 0 Å². The molecule has 0 bridgehead atoms. The predicted octanol–water partition coefficient (Wildman–Crippen LogP) is 1.92. The smallest absolute Gasteiger partial charge is 0.337 e. The lowest BCUT2D eigenvalue weighted by atomic mass is 10.1. The van der Waals surface area contributed by atoms with Gasteiger partial charge in [-0.05, 0) is 11.6 Å². The van der Waals surface area contributed by atoms with Crippen LogP contribution in [-0.4, -0.2) is 20.7 Å². The summed E-state index contributed by atoms with van der Waals surface area (Å²) in [6.45, 7) is 0.345. The monoisotopic (exact) mass is 231 g/mol. The van der Waals surface area contributed by atoms with Gasteiger partial charge in [0.2, 0.25) is 0 Å². The molecule has 0 spiro atoms. The molecule has 17 heavy (non-hydrogen) atoms. The SMILES string of the molecule is O=C(O)c1ccn(CC(O)c2ccccc2)c1. The van der Waals surface area contributed by atoms with Crippen LogP contribution in [-0.2, 0) is 6.54 Å². The number of carboxylic acids is 1. The molecule has 0 aliphatic rings. The van der Waals surface area contributed by atoms with Gasteiger partial charge in [-0.1, -0.05) is 30.3 Å². The Morgan fingerprint density at radius 1 is 1.24 bits per heavy atom. The molecule has 1 atom stereocenters. The van der Waals surface area contributed by atoms with E-state index in [0.29, 0.717) is 6.54 Å². The Labute approximate surface area is 98.8 Å². The number of carbonyl (C=O) groups is 1. The maximum absolute atomic E-state index is 10.7. The maximum Gasteiger partial charge on any atom is 0.337 e. The minimum atomic E-state index is -0.960. The molecule has 0 saturated heterocycles. The van der Waals surface area contributed by atoms with Gasteiger partial charge in [0, 0.05) is 12.4 Å². The van der Waals surface area contributed by atoms with Crippen LogP contribution in [0.1, 0.15) is 22.0 Å². The minimum Gasteiger partial charge on any atom is -0.478 e. The van der Waals surface area contributed by atoms with Gasteiger partial charge in [-0.15, -0.1) is 0 Å². The fraction of sp³-hybridized carbons (Fsp3) is 0.154. The number of benzene rings is 1. The van der Waals surface area contributed by atoms with Gasteiger partial charge < -0.3 is 14.8 Å². The summed E-state index contributed by atoms with van der Waals surface area (Å²) in [5, 5.41) is 18.7. The van der Waals surface area contributed by atoms with Crippen LogP contribution >= 0.6 is 0 Å². The van der Waals surface area contributed by atoms with E-state index in [0.717, 1.165) is 5.56 Å². The zero-order valence-electron chi connectivity index (χ0n) is 9.15. The molecule has 0 aliphatic carbocycles. The normalized spacial score (nSPS) is 12.3. The van der Waals surface area contributed by atoms with Gasteiger partial charge in [-0.3, -0.25) is 0 Å². The first kappa shape index (κ1) is 11.4. The lowest BCUT2D eigenvalue weighted by molar-refractivity contribution is 0.0696. The van der Waals surface area contributed by atoms with E-state index in [9.17, 15) is 9.90 Å². The average Bonchev–Trinajstić information content (AvgIpc) is 2.79. The van der Waals surface area contributed by atoms with Gasteiger partial charge in [-0.2, -0.15) is 0 Å². The summed E-state index contributed by atoms with van der Waals surface area (Å²) < 4.78 is 1.67. The fourth-order valence-corrected chi connectivity index (χ4v) is 1.66. The molecule has 0 radical (unpaired) electrons. The maximum atomic E-state index is 10.7. The van der Waals surface area contributed by atoms with E-state index in [1.165, 1.54) is 12.3 Å². The molecular weight excluding hydrogens is 218 g/mol. The topological polar surface area (TPSA) is 62.5 Å². The van der Waals surface area contributed by atoms with Crippen LogP contribution in [0.2, 0.25) is 0 Å². The van der Waals surface area contributed by atoms with Crippen LogP contribution in [0.5, 0.6) is 0 Å². The summed E-state index contributed by atoms with van der Waals surface area (Å²) in [7, 11) is 0. The second-order valence-electron chi connectivity index (χ2n) is 3.83. The Bertz CT molecular complexity index is 504. The van der Waals surface area contributed by atoms with Crippen molar-refractivity contribution >= 4 is 5.97 Å². The fourth-order valence-electron chi connectivity index (χ4n) is 1.66. The molecule has 1 heterocycles. The van der Waals surface area contributed by atoms with Crippen molar-refractivity contribution in [1.29, 1.82) is 0 Å². The van der Waals surface area contributed by atoms with E-state index in [4.69, 9.17) is 5.11 Å². The lowest BCUT2D eigenvalue weighted by Crippen LogP contribution is -2.07. The van der Waals surface area contributed by atoms with Crippen LogP contribution in [0.25, 0.3) is 0 Å². The molecule has 0 saturated carbocycles. The highest BCUT2D eigenvalue weighted by atomic mass is 16.4. The van der Waals surface area contributed by atoms with Crippen LogP contribution < -0.4 is 0 Å². The number of hydrogen-bond acceptors (Lipinski definition) is 2. The third kappa shape index (κ3) is 2.73. The Balaban J connectivity index is 2.08. The van der Waals surface area contributed by atoms with Gasteiger partial charge in [0.15, 0.2) is 0 Å². The van der Waals surface area contributed by atoms with E-state index in [1.54, 1.807) is 10.8 Å². The lowest BCUT2D eigenvalue weighted by Gasteiger charge is -2.11. The van der Waals surface area contributed by atoms with Crippen LogP contribution in [0.3, 0.4) is 0 Å². The number of aliphatic hydroxyl groups excluding tert-OH is 1. The van der Waals surface area contributed by atoms with Crippen molar-refractivity contribution in [2.45, 2.75) is 12.6 Å². The summed E-state index contributed by atoms with van der Waals surface area (Å²) in [6, 6.07) is 10.8. The Hall–Kier alpha value is -2.07. The highest BCUT2D eigenvalue weighted by Crippen LogP contribution is 2.15. The standard InChI is InChI=1S/C13H13NO3/c15-12(10-4-2-1-3-5-10)9-14-7-6-11(8-14)13(16)17/h1-8,12,15H,9H2,(H,16,17). The van der Waals surface area contributed by atoms with Gasteiger partial charge in [0.25, 0.3) is 0 Å². The summed E-state index contributed by atoms with van der Waals surface area (Å²) in [5.41, 5.74) is 1.04. The molecule has 0 fully saturated rings. The van der Waals surface area contributed by atoms with Gasteiger partial charge in [0.05, 0.1) is 18.2 Å². The number of aromatic nitrogens is 1. The summed E-state index contributed by atoms with van der Waals surface area (Å²) in [5.74, 6) is -0.960. The number of aromatic carboxylic acids is 1. The molecular formula is C13H13NO3.